The Kier molecular flexibility index (Phi) is 5.17. The van der Waals surface area contributed by atoms with E-state index in [0.717, 1.165) is 11.4 Å². The maximum Gasteiger partial charge on any atom is 0.387 e. The minimum Gasteiger partial charge on any atom is -0.434 e. The highest BCUT2D eigenvalue weighted by atomic mass is 32.1. The standard InChI is InChI=1S/C17H18F2N6OS/c1-9-5-13(6-10(2)14(9)26-15(18)19)8-20-25-16(21-22-17(25)27)24-12(4)7-11(3)23-24/h5-8,15H,1-4H3,(H,22,27)/b20-8-. The number of nitrogens with zero attached hydrogens (tertiary/aromatic N) is 5. The third kappa shape index (κ3) is 3.95. The number of hydrogen-bond donors (Lipinski definition) is 1. The first-order valence-corrected chi connectivity index (χ1v) is 8.48. The number of ether oxygens (including phenoxy) is 1. The van der Waals surface area contributed by atoms with E-state index < -0.39 is 6.61 Å². The molecule has 0 saturated carbocycles. The summed E-state index contributed by atoms with van der Waals surface area (Å²) in [5.41, 5.74) is 3.63. The SMILES string of the molecule is Cc1cc(C)n(-c2n[nH]c(=S)n2/N=C\c2cc(C)c(OC(F)F)c(C)c2)n1. The Labute approximate surface area is 159 Å². The maximum absolute atomic E-state index is 12.5. The Hall–Kier alpha value is -2.88. The molecule has 0 aliphatic carbocycles. The van der Waals surface area contributed by atoms with Gasteiger partial charge in [0.25, 0.3) is 5.95 Å². The predicted molar refractivity (Wildman–Crippen MR) is 99.5 cm³/mol. The predicted octanol–water partition coefficient (Wildman–Crippen LogP) is 3.84. The van der Waals surface area contributed by atoms with Gasteiger partial charge in [-0.05, 0) is 74.8 Å². The average molecular weight is 392 g/mol. The molecule has 0 bridgehead atoms. The minimum absolute atomic E-state index is 0.172. The zero-order valence-electron chi connectivity index (χ0n) is 15.2. The van der Waals surface area contributed by atoms with E-state index in [1.807, 2.05) is 19.9 Å². The van der Waals surface area contributed by atoms with E-state index in [1.54, 1.807) is 36.9 Å². The number of benzene rings is 1. The molecular weight excluding hydrogens is 374 g/mol. The fourth-order valence-corrected chi connectivity index (χ4v) is 2.99. The Bertz CT molecular complexity index is 1040. The molecule has 10 heteroatoms. The highest BCUT2D eigenvalue weighted by Crippen LogP contribution is 2.26. The van der Waals surface area contributed by atoms with Crippen LogP contribution < -0.4 is 4.74 Å². The van der Waals surface area contributed by atoms with Gasteiger partial charge in [-0.25, -0.2) is 9.78 Å². The Morgan fingerprint density at radius 1 is 1.19 bits per heavy atom. The van der Waals surface area contributed by atoms with Gasteiger partial charge in [-0.1, -0.05) is 0 Å². The molecule has 0 unspecified atom stereocenters. The lowest BCUT2D eigenvalue weighted by Crippen LogP contribution is -2.07. The molecule has 7 nitrogen and oxygen atoms in total. The summed E-state index contributed by atoms with van der Waals surface area (Å²) in [6.07, 6.45) is 1.58. The van der Waals surface area contributed by atoms with E-state index in [1.165, 1.54) is 4.68 Å². The quantitative estimate of drug-likeness (QED) is 0.529. The molecule has 0 aliphatic heterocycles. The number of H-pyrrole nitrogens is 1. The Balaban J connectivity index is 1.97. The molecule has 1 aromatic carbocycles. The van der Waals surface area contributed by atoms with Crippen LogP contribution in [0.1, 0.15) is 28.1 Å². The van der Waals surface area contributed by atoms with Gasteiger partial charge in [0.05, 0.1) is 11.9 Å². The molecule has 2 heterocycles. The molecule has 3 rings (SSSR count). The zero-order valence-corrected chi connectivity index (χ0v) is 16.0. The molecule has 2 aromatic heterocycles. The van der Waals surface area contributed by atoms with Crippen molar-refractivity contribution in [2.75, 3.05) is 0 Å². The van der Waals surface area contributed by atoms with Crippen LogP contribution in [-0.2, 0) is 0 Å². The van der Waals surface area contributed by atoms with E-state index in [0.29, 0.717) is 27.4 Å². The van der Waals surface area contributed by atoms with Crippen LogP contribution in [0, 0.1) is 32.5 Å². The molecule has 3 aromatic rings. The van der Waals surface area contributed by atoms with Crippen molar-refractivity contribution in [3.8, 4) is 11.7 Å². The van der Waals surface area contributed by atoms with Crippen LogP contribution >= 0.6 is 12.2 Å². The first-order chi connectivity index (χ1) is 12.8. The zero-order chi connectivity index (χ0) is 19.7. The summed E-state index contributed by atoms with van der Waals surface area (Å²) < 4.78 is 33.0. The summed E-state index contributed by atoms with van der Waals surface area (Å²) in [6, 6.07) is 5.34. The second kappa shape index (κ2) is 7.39. The molecule has 0 amide bonds. The van der Waals surface area contributed by atoms with Gasteiger partial charge < -0.3 is 4.74 Å². The van der Waals surface area contributed by atoms with Gasteiger partial charge in [0.2, 0.25) is 4.77 Å². The van der Waals surface area contributed by atoms with E-state index in [4.69, 9.17) is 12.2 Å². The molecule has 0 fully saturated rings. The lowest BCUT2D eigenvalue weighted by molar-refractivity contribution is -0.0507. The summed E-state index contributed by atoms with van der Waals surface area (Å²) in [5.74, 6) is 0.596. The van der Waals surface area contributed by atoms with Crippen LogP contribution in [0.25, 0.3) is 5.95 Å². The first kappa shape index (κ1) is 18.9. The van der Waals surface area contributed by atoms with Gasteiger partial charge in [0.1, 0.15) is 5.75 Å². The van der Waals surface area contributed by atoms with Crippen molar-refractivity contribution in [3.63, 3.8) is 0 Å². The summed E-state index contributed by atoms with van der Waals surface area (Å²) in [5, 5.41) is 15.6. The monoisotopic (exact) mass is 392 g/mol. The molecule has 0 saturated heterocycles. The lowest BCUT2D eigenvalue weighted by atomic mass is 10.1. The number of rotatable bonds is 5. The largest absolute Gasteiger partial charge is 0.434 e. The first-order valence-electron chi connectivity index (χ1n) is 8.07. The van der Waals surface area contributed by atoms with Gasteiger partial charge in [0, 0.05) is 5.69 Å². The number of alkyl halides is 2. The topological polar surface area (TPSA) is 73.0 Å². The fourth-order valence-electron chi connectivity index (χ4n) is 2.81. The molecule has 0 aliphatic rings. The van der Waals surface area contributed by atoms with Gasteiger partial charge >= 0.3 is 6.61 Å². The van der Waals surface area contributed by atoms with Crippen LogP contribution in [0.4, 0.5) is 8.78 Å². The lowest BCUT2D eigenvalue weighted by Gasteiger charge is -2.11. The van der Waals surface area contributed by atoms with Crippen LogP contribution in [0.5, 0.6) is 5.75 Å². The third-order valence-electron chi connectivity index (χ3n) is 3.84. The molecule has 0 spiro atoms. The molecular formula is C17H18F2N6OS. The van der Waals surface area contributed by atoms with Crippen molar-refractivity contribution in [2.24, 2.45) is 5.10 Å². The summed E-state index contributed by atoms with van der Waals surface area (Å²) >= 11 is 5.24. The van der Waals surface area contributed by atoms with Gasteiger partial charge in [-0.3, -0.25) is 0 Å². The molecule has 1 N–H and O–H groups in total. The fraction of sp³-hybridized carbons (Fsp3) is 0.294. The summed E-state index contributed by atoms with van der Waals surface area (Å²) in [6.45, 7) is 4.32. The summed E-state index contributed by atoms with van der Waals surface area (Å²) in [7, 11) is 0. The minimum atomic E-state index is -2.87. The molecule has 0 atom stereocenters. The number of nitrogens with one attached hydrogen (secondary N) is 1. The number of aromatic nitrogens is 5. The van der Waals surface area contributed by atoms with E-state index in [9.17, 15) is 8.78 Å². The van der Waals surface area contributed by atoms with Crippen LogP contribution in [0.2, 0.25) is 0 Å². The van der Waals surface area contributed by atoms with E-state index in [2.05, 4.69) is 25.1 Å². The smallest absolute Gasteiger partial charge is 0.387 e. The van der Waals surface area contributed by atoms with Crippen molar-refractivity contribution in [3.05, 3.63) is 51.0 Å². The normalized spacial score (nSPS) is 11.7. The second-order valence-electron chi connectivity index (χ2n) is 6.09. The highest BCUT2D eigenvalue weighted by molar-refractivity contribution is 7.71. The second-order valence-corrected chi connectivity index (χ2v) is 6.47. The Morgan fingerprint density at radius 3 is 2.41 bits per heavy atom. The number of halogens is 2. The highest BCUT2D eigenvalue weighted by Gasteiger charge is 2.13. The number of hydrogen-bond acceptors (Lipinski definition) is 5. The maximum atomic E-state index is 12.5. The van der Waals surface area contributed by atoms with Crippen LogP contribution in [0.15, 0.2) is 23.3 Å². The van der Waals surface area contributed by atoms with E-state index >= 15 is 0 Å². The Morgan fingerprint density at radius 2 is 1.85 bits per heavy atom. The van der Waals surface area contributed by atoms with Crippen molar-refractivity contribution in [1.29, 1.82) is 0 Å². The molecule has 27 heavy (non-hydrogen) atoms. The van der Waals surface area contributed by atoms with Crippen molar-refractivity contribution < 1.29 is 13.5 Å². The van der Waals surface area contributed by atoms with Crippen molar-refractivity contribution >= 4 is 18.4 Å². The number of aryl methyl sites for hydroxylation is 4. The van der Waals surface area contributed by atoms with Gasteiger partial charge in [0.15, 0.2) is 0 Å². The van der Waals surface area contributed by atoms with E-state index in [-0.39, 0.29) is 5.75 Å². The van der Waals surface area contributed by atoms with Crippen molar-refractivity contribution in [2.45, 2.75) is 34.3 Å². The molecule has 142 valence electrons. The number of aromatic amines is 1. The average Bonchev–Trinajstić information content (AvgIpc) is 3.10. The summed E-state index contributed by atoms with van der Waals surface area (Å²) in [4.78, 5) is 0. The van der Waals surface area contributed by atoms with Crippen molar-refractivity contribution in [1.82, 2.24) is 24.7 Å². The van der Waals surface area contributed by atoms with Gasteiger partial charge in [-0.15, -0.1) is 5.10 Å². The third-order valence-corrected chi connectivity index (χ3v) is 4.11. The van der Waals surface area contributed by atoms with Crippen LogP contribution in [-0.4, -0.2) is 37.5 Å². The van der Waals surface area contributed by atoms with Gasteiger partial charge in [-0.2, -0.15) is 23.7 Å². The molecule has 0 radical (unpaired) electrons. The van der Waals surface area contributed by atoms with Crippen LogP contribution in [0.3, 0.4) is 0 Å².